The number of aromatic nitrogens is 1. The summed E-state index contributed by atoms with van der Waals surface area (Å²) in [6.45, 7) is 3.26. The lowest BCUT2D eigenvalue weighted by Gasteiger charge is -2.25. The molecule has 5 rings (SSSR count). The van der Waals surface area contributed by atoms with Crippen LogP contribution >= 0.6 is 11.3 Å². The average molecular weight is 451 g/mol. The number of ether oxygens (including phenoxy) is 2. The molecule has 164 valence electrons. The number of anilines is 2. The van der Waals surface area contributed by atoms with Gasteiger partial charge in [-0.1, -0.05) is 12.1 Å². The van der Waals surface area contributed by atoms with Crippen LogP contribution in [-0.2, 0) is 14.3 Å². The van der Waals surface area contributed by atoms with E-state index in [0.717, 1.165) is 40.6 Å². The van der Waals surface area contributed by atoms with E-state index in [0.29, 0.717) is 31.2 Å². The summed E-state index contributed by atoms with van der Waals surface area (Å²) < 4.78 is 10.7. The van der Waals surface area contributed by atoms with E-state index < -0.39 is 0 Å². The number of benzene rings is 2. The predicted octanol–water partition coefficient (Wildman–Crippen LogP) is 3.08. The number of rotatable bonds is 5. The maximum atomic E-state index is 12.4. The molecular formula is C23H22N4O4S. The molecule has 0 spiro atoms. The number of carbonyl (C=O) groups excluding carboxylic acids is 2. The molecule has 2 aliphatic heterocycles. The van der Waals surface area contributed by atoms with E-state index >= 15 is 0 Å². The van der Waals surface area contributed by atoms with Gasteiger partial charge in [0.2, 0.25) is 5.91 Å². The molecular weight excluding hydrogens is 428 g/mol. The fourth-order valence-electron chi connectivity index (χ4n) is 3.67. The van der Waals surface area contributed by atoms with Crippen LogP contribution in [0.3, 0.4) is 0 Å². The lowest BCUT2D eigenvalue weighted by molar-refractivity contribution is -0.119. The Labute approximate surface area is 189 Å². The number of hydrogen-bond acceptors (Lipinski definition) is 7. The summed E-state index contributed by atoms with van der Waals surface area (Å²) in [7, 11) is 0. The maximum Gasteiger partial charge on any atom is 0.262 e. The van der Waals surface area contributed by atoms with Crippen LogP contribution < -0.4 is 15.4 Å². The Morgan fingerprint density at radius 3 is 2.91 bits per heavy atom. The molecule has 0 atom stereocenters. The molecule has 1 fully saturated rings. The zero-order valence-corrected chi connectivity index (χ0v) is 18.1. The van der Waals surface area contributed by atoms with Gasteiger partial charge < -0.3 is 20.1 Å². The normalized spacial score (nSPS) is 16.1. The van der Waals surface area contributed by atoms with Gasteiger partial charge in [-0.05, 0) is 30.3 Å². The molecule has 0 unspecified atom stereocenters. The van der Waals surface area contributed by atoms with Gasteiger partial charge >= 0.3 is 0 Å². The molecule has 3 heterocycles. The minimum absolute atomic E-state index is 0.0342. The summed E-state index contributed by atoms with van der Waals surface area (Å²) in [6, 6.07) is 13.3. The first-order chi connectivity index (χ1) is 15.6. The molecule has 8 nitrogen and oxygen atoms in total. The van der Waals surface area contributed by atoms with Crippen molar-refractivity contribution in [3.63, 3.8) is 0 Å². The number of nitrogens with one attached hydrogen (secondary N) is 2. The molecule has 3 aromatic rings. The molecule has 9 heteroatoms. The number of thiazole rings is 1. The Balaban J connectivity index is 1.29. The molecule has 0 radical (unpaired) electrons. The van der Waals surface area contributed by atoms with E-state index in [9.17, 15) is 9.59 Å². The topological polar surface area (TPSA) is 92.8 Å². The summed E-state index contributed by atoms with van der Waals surface area (Å²) in [4.78, 5) is 30.9. The lowest BCUT2D eigenvalue weighted by Crippen LogP contribution is -2.41. The quantitative estimate of drug-likeness (QED) is 0.621. The Hall–Kier alpha value is -3.27. The van der Waals surface area contributed by atoms with Crippen molar-refractivity contribution in [3.8, 4) is 27.6 Å². The van der Waals surface area contributed by atoms with Crippen LogP contribution in [0.15, 0.2) is 47.8 Å². The van der Waals surface area contributed by atoms with Crippen LogP contribution in [0.4, 0.5) is 11.4 Å². The van der Waals surface area contributed by atoms with E-state index in [1.54, 1.807) is 0 Å². The zero-order chi connectivity index (χ0) is 21.9. The average Bonchev–Trinajstić information content (AvgIpc) is 3.30. The van der Waals surface area contributed by atoms with Crippen molar-refractivity contribution in [3.05, 3.63) is 47.8 Å². The van der Waals surface area contributed by atoms with Crippen molar-refractivity contribution in [1.29, 1.82) is 0 Å². The first-order valence-corrected chi connectivity index (χ1v) is 11.2. The number of carbonyl (C=O) groups is 2. The van der Waals surface area contributed by atoms with Crippen LogP contribution in [0, 0.1) is 0 Å². The Morgan fingerprint density at radius 1 is 1.16 bits per heavy atom. The van der Waals surface area contributed by atoms with Gasteiger partial charge in [-0.25, -0.2) is 4.98 Å². The number of fused-ring (bicyclic) bond motifs is 1. The van der Waals surface area contributed by atoms with Gasteiger partial charge in [0.25, 0.3) is 5.91 Å². The number of morpholine rings is 1. The number of amides is 2. The third kappa shape index (κ3) is 4.64. The minimum Gasteiger partial charge on any atom is -0.482 e. The Morgan fingerprint density at radius 2 is 2.03 bits per heavy atom. The van der Waals surface area contributed by atoms with Crippen molar-refractivity contribution in [1.82, 2.24) is 9.88 Å². The molecule has 32 heavy (non-hydrogen) atoms. The highest BCUT2D eigenvalue weighted by Crippen LogP contribution is 2.35. The van der Waals surface area contributed by atoms with Crippen LogP contribution in [0.1, 0.15) is 0 Å². The second-order valence-corrected chi connectivity index (χ2v) is 8.46. The second kappa shape index (κ2) is 9.07. The standard InChI is InChI=1S/C23H22N4O4S/c28-21(12-27-6-8-30-9-7-27)24-17-3-1-2-16(10-17)23-26-19(14-32-23)15-4-5-20-18(11-15)25-22(29)13-31-20/h1-5,10-11,14H,6-9,12-13H2,(H,24,28)(H,25,29). The van der Waals surface area contributed by atoms with Crippen molar-refractivity contribution in [2.24, 2.45) is 0 Å². The number of hydrogen-bond donors (Lipinski definition) is 2. The van der Waals surface area contributed by atoms with Gasteiger partial charge in [0.1, 0.15) is 10.8 Å². The summed E-state index contributed by atoms with van der Waals surface area (Å²) in [5.74, 6) is 0.452. The predicted molar refractivity (Wildman–Crippen MR) is 123 cm³/mol. The molecule has 1 aromatic heterocycles. The van der Waals surface area contributed by atoms with Gasteiger partial charge in [0.05, 0.1) is 31.1 Å². The molecule has 2 amide bonds. The number of nitrogens with zero attached hydrogens (tertiary/aromatic N) is 2. The van der Waals surface area contributed by atoms with Gasteiger partial charge in [-0.3, -0.25) is 14.5 Å². The summed E-state index contributed by atoms with van der Waals surface area (Å²) >= 11 is 1.53. The van der Waals surface area contributed by atoms with Crippen molar-refractivity contribution in [2.45, 2.75) is 0 Å². The third-order valence-electron chi connectivity index (χ3n) is 5.28. The van der Waals surface area contributed by atoms with E-state index in [2.05, 4.69) is 15.5 Å². The van der Waals surface area contributed by atoms with Crippen molar-refractivity contribution >= 4 is 34.5 Å². The van der Waals surface area contributed by atoms with Crippen LogP contribution in [0.2, 0.25) is 0 Å². The van der Waals surface area contributed by atoms with Crippen molar-refractivity contribution < 1.29 is 19.1 Å². The Kier molecular flexibility index (Phi) is 5.85. The zero-order valence-electron chi connectivity index (χ0n) is 17.3. The van der Waals surface area contributed by atoms with Gasteiger partial charge in [0, 0.05) is 35.3 Å². The highest BCUT2D eigenvalue weighted by Gasteiger charge is 2.18. The molecule has 2 aromatic carbocycles. The molecule has 1 saturated heterocycles. The van der Waals surface area contributed by atoms with E-state index in [1.807, 2.05) is 47.8 Å². The largest absolute Gasteiger partial charge is 0.482 e. The maximum absolute atomic E-state index is 12.4. The van der Waals surface area contributed by atoms with Crippen LogP contribution in [-0.4, -0.2) is 61.2 Å². The second-order valence-electron chi connectivity index (χ2n) is 7.60. The van der Waals surface area contributed by atoms with Gasteiger partial charge in [-0.15, -0.1) is 11.3 Å². The van der Waals surface area contributed by atoms with Gasteiger partial charge in [0.15, 0.2) is 6.61 Å². The third-order valence-corrected chi connectivity index (χ3v) is 6.17. The van der Waals surface area contributed by atoms with E-state index in [4.69, 9.17) is 14.5 Å². The monoisotopic (exact) mass is 450 g/mol. The van der Waals surface area contributed by atoms with E-state index in [1.165, 1.54) is 11.3 Å². The molecule has 0 bridgehead atoms. The first-order valence-electron chi connectivity index (χ1n) is 10.4. The molecule has 0 aliphatic carbocycles. The highest BCUT2D eigenvalue weighted by molar-refractivity contribution is 7.13. The summed E-state index contributed by atoms with van der Waals surface area (Å²) in [5.41, 5.74) is 4.03. The van der Waals surface area contributed by atoms with Crippen LogP contribution in [0.25, 0.3) is 21.8 Å². The fraction of sp³-hybridized carbons (Fsp3) is 0.261. The molecule has 2 aliphatic rings. The fourth-order valence-corrected chi connectivity index (χ4v) is 4.50. The SMILES string of the molecule is O=C(CN1CCOCC1)Nc1cccc(-c2nc(-c3ccc4c(c3)NC(=O)CO4)cs2)c1. The molecule has 2 N–H and O–H groups in total. The first kappa shape index (κ1) is 20.6. The van der Waals surface area contributed by atoms with Gasteiger partial charge in [-0.2, -0.15) is 0 Å². The summed E-state index contributed by atoms with van der Waals surface area (Å²) in [5, 5.41) is 8.63. The minimum atomic E-state index is -0.166. The highest BCUT2D eigenvalue weighted by atomic mass is 32.1. The lowest BCUT2D eigenvalue weighted by atomic mass is 10.1. The van der Waals surface area contributed by atoms with Crippen LogP contribution in [0.5, 0.6) is 5.75 Å². The van der Waals surface area contributed by atoms with Crippen molar-refractivity contribution in [2.75, 3.05) is 50.1 Å². The summed E-state index contributed by atoms with van der Waals surface area (Å²) in [6.07, 6.45) is 0. The van der Waals surface area contributed by atoms with E-state index in [-0.39, 0.29) is 18.4 Å². The smallest absolute Gasteiger partial charge is 0.262 e. The Bertz CT molecular complexity index is 1160. The molecule has 0 saturated carbocycles.